The number of H-pyrrole nitrogens is 1. The van der Waals surface area contributed by atoms with Crippen molar-refractivity contribution < 1.29 is 17.6 Å². The SMILES string of the molecule is O=C(NCCc1c[nH]c2ccccc12)c1ccc2nc(NS(=O)(=O)c3ccc(F)cc3)sc2c1. The first kappa shape index (κ1) is 22.1. The van der Waals surface area contributed by atoms with Gasteiger partial charge in [-0.25, -0.2) is 17.8 Å². The minimum Gasteiger partial charge on any atom is -0.361 e. The summed E-state index contributed by atoms with van der Waals surface area (Å²) in [6.45, 7) is 0.476. The monoisotopic (exact) mass is 494 g/mol. The molecular weight excluding hydrogens is 475 g/mol. The molecule has 2 aromatic heterocycles. The van der Waals surface area contributed by atoms with Crippen LogP contribution in [0.1, 0.15) is 15.9 Å². The Balaban J connectivity index is 1.26. The molecule has 0 saturated carbocycles. The maximum atomic E-state index is 13.1. The standard InChI is InChI=1S/C24H19FN4O3S2/c25-17-6-8-18(9-7-17)34(31,32)29-24-28-21-10-5-15(13-22(21)33-24)23(30)26-12-11-16-14-27-20-4-2-1-3-19(16)20/h1-10,13-14,27H,11-12H2,(H,26,30)(H,28,29). The number of nitrogens with zero attached hydrogens (tertiary/aromatic N) is 1. The number of sulfonamides is 1. The number of thiazole rings is 1. The summed E-state index contributed by atoms with van der Waals surface area (Å²) in [6, 6.07) is 17.6. The van der Waals surface area contributed by atoms with Gasteiger partial charge in [0.1, 0.15) is 5.82 Å². The number of para-hydroxylation sites is 1. The van der Waals surface area contributed by atoms with Gasteiger partial charge in [-0.3, -0.25) is 9.52 Å². The highest BCUT2D eigenvalue weighted by atomic mass is 32.2. The minimum atomic E-state index is -3.90. The van der Waals surface area contributed by atoms with Gasteiger partial charge in [-0.2, -0.15) is 0 Å². The van der Waals surface area contributed by atoms with Crippen molar-refractivity contribution in [1.82, 2.24) is 15.3 Å². The Labute approximate surface area is 198 Å². The summed E-state index contributed by atoms with van der Waals surface area (Å²) < 4.78 is 41.2. The average Bonchev–Trinajstić information content (AvgIpc) is 3.42. The molecule has 5 rings (SSSR count). The minimum absolute atomic E-state index is 0.0663. The van der Waals surface area contributed by atoms with E-state index in [4.69, 9.17) is 0 Å². The number of carbonyl (C=O) groups excluding carboxylic acids is 1. The smallest absolute Gasteiger partial charge is 0.263 e. The fourth-order valence-electron chi connectivity index (χ4n) is 3.65. The molecule has 2 heterocycles. The van der Waals surface area contributed by atoms with Crippen LogP contribution in [-0.4, -0.2) is 30.8 Å². The molecule has 34 heavy (non-hydrogen) atoms. The lowest BCUT2D eigenvalue weighted by Crippen LogP contribution is -2.25. The molecule has 0 radical (unpaired) electrons. The molecule has 0 atom stereocenters. The molecule has 10 heteroatoms. The fraction of sp³-hybridized carbons (Fsp3) is 0.0833. The van der Waals surface area contributed by atoms with Crippen LogP contribution in [0.3, 0.4) is 0 Å². The van der Waals surface area contributed by atoms with Crippen molar-refractivity contribution in [3.63, 3.8) is 0 Å². The van der Waals surface area contributed by atoms with Gasteiger partial charge in [0.05, 0.1) is 15.1 Å². The second-order valence-electron chi connectivity index (χ2n) is 7.63. The van der Waals surface area contributed by atoms with Gasteiger partial charge >= 0.3 is 0 Å². The second-order valence-corrected chi connectivity index (χ2v) is 10.3. The van der Waals surface area contributed by atoms with Crippen molar-refractivity contribution in [1.29, 1.82) is 0 Å². The summed E-state index contributed by atoms with van der Waals surface area (Å²) >= 11 is 1.12. The van der Waals surface area contributed by atoms with Crippen molar-refractivity contribution in [2.75, 3.05) is 11.3 Å². The molecule has 3 N–H and O–H groups in total. The van der Waals surface area contributed by atoms with E-state index in [0.717, 1.165) is 39.9 Å². The van der Waals surface area contributed by atoms with Crippen molar-refractivity contribution >= 4 is 53.5 Å². The van der Waals surface area contributed by atoms with Gasteiger partial charge < -0.3 is 10.3 Å². The summed E-state index contributed by atoms with van der Waals surface area (Å²) in [6.07, 6.45) is 2.64. The van der Waals surface area contributed by atoms with E-state index in [0.29, 0.717) is 28.7 Å². The van der Waals surface area contributed by atoms with Crippen molar-refractivity contribution in [3.05, 3.63) is 89.9 Å². The highest BCUT2D eigenvalue weighted by Gasteiger charge is 2.17. The first-order valence-corrected chi connectivity index (χ1v) is 12.7. The molecule has 172 valence electrons. The molecule has 0 spiro atoms. The molecule has 0 aliphatic rings. The zero-order valence-electron chi connectivity index (χ0n) is 17.7. The summed E-state index contributed by atoms with van der Waals surface area (Å²) in [5.74, 6) is -0.741. The number of fused-ring (bicyclic) bond motifs is 2. The number of carbonyl (C=O) groups is 1. The fourth-order valence-corrected chi connectivity index (χ4v) is 5.79. The lowest BCUT2D eigenvalue weighted by molar-refractivity contribution is 0.0954. The van der Waals surface area contributed by atoms with E-state index < -0.39 is 15.8 Å². The summed E-state index contributed by atoms with van der Waals surface area (Å²) in [5.41, 5.74) is 3.22. The quantitative estimate of drug-likeness (QED) is 0.305. The predicted octanol–water partition coefficient (Wildman–Crippen LogP) is 4.69. The van der Waals surface area contributed by atoms with Gasteiger partial charge in [0, 0.05) is 29.2 Å². The van der Waals surface area contributed by atoms with Gasteiger partial charge in [-0.05, 0) is 60.5 Å². The van der Waals surface area contributed by atoms with Crippen LogP contribution in [0.5, 0.6) is 0 Å². The van der Waals surface area contributed by atoms with Crippen LogP contribution in [0.4, 0.5) is 9.52 Å². The first-order chi connectivity index (χ1) is 16.4. The van der Waals surface area contributed by atoms with Crippen LogP contribution < -0.4 is 10.0 Å². The van der Waals surface area contributed by atoms with Crippen molar-refractivity contribution in [2.45, 2.75) is 11.3 Å². The summed E-state index contributed by atoms with van der Waals surface area (Å²) in [4.78, 5) is 20.1. The Morgan fingerprint density at radius 2 is 1.85 bits per heavy atom. The molecule has 0 saturated heterocycles. The number of benzene rings is 3. The predicted molar refractivity (Wildman–Crippen MR) is 131 cm³/mol. The van der Waals surface area contributed by atoms with Crippen LogP contribution in [-0.2, 0) is 16.4 Å². The Bertz CT molecular complexity index is 1610. The molecule has 1 amide bonds. The maximum absolute atomic E-state index is 13.1. The molecule has 3 aromatic carbocycles. The Morgan fingerprint density at radius 1 is 1.06 bits per heavy atom. The number of nitrogens with one attached hydrogen (secondary N) is 3. The number of aromatic nitrogens is 2. The third-order valence-corrected chi connectivity index (χ3v) is 7.77. The highest BCUT2D eigenvalue weighted by Crippen LogP contribution is 2.28. The Hall–Kier alpha value is -3.76. The Kier molecular flexibility index (Phi) is 5.76. The van der Waals surface area contributed by atoms with Gasteiger partial charge in [-0.1, -0.05) is 29.5 Å². The summed E-state index contributed by atoms with van der Waals surface area (Å²) in [5, 5.41) is 4.23. The van der Waals surface area contributed by atoms with E-state index in [1.165, 1.54) is 12.1 Å². The molecule has 0 aliphatic carbocycles. The maximum Gasteiger partial charge on any atom is 0.263 e. The average molecular weight is 495 g/mol. The largest absolute Gasteiger partial charge is 0.361 e. The first-order valence-electron chi connectivity index (χ1n) is 10.4. The van der Waals surface area contributed by atoms with Crippen LogP contribution in [0.25, 0.3) is 21.1 Å². The molecule has 0 unspecified atom stereocenters. The van der Waals surface area contributed by atoms with E-state index in [1.54, 1.807) is 18.2 Å². The van der Waals surface area contributed by atoms with E-state index in [9.17, 15) is 17.6 Å². The zero-order chi connectivity index (χ0) is 23.7. The van der Waals surface area contributed by atoms with Crippen LogP contribution >= 0.6 is 11.3 Å². The number of aromatic amines is 1. The van der Waals surface area contributed by atoms with Gasteiger partial charge in [0.15, 0.2) is 5.13 Å². The number of halogens is 1. The summed E-state index contributed by atoms with van der Waals surface area (Å²) in [7, 11) is -3.90. The molecular formula is C24H19FN4O3S2. The molecule has 0 aliphatic heterocycles. The van der Waals surface area contributed by atoms with E-state index >= 15 is 0 Å². The third kappa shape index (κ3) is 4.50. The van der Waals surface area contributed by atoms with Crippen LogP contribution in [0.15, 0.2) is 77.8 Å². The number of hydrogen-bond acceptors (Lipinski definition) is 5. The molecule has 7 nitrogen and oxygen atoms in total. The lowest BCUT2D eigenvalue weighted by atomic mass is 10.1. The topological polar surface area (TPSA) is 104 Å². The molecule has 5 aromatic rings. The normalized spacial score (nSPS) is 11.7. The van der Waals surface area contributed by atoms with Crippen molar-refractivity contribution in [2.24, 2.45) is 0 Å². The van der Waals surface area contributed by atoms with E-state index in [1.807, 2.05) is 30.5 Å². The van der Waals surface area contributed by atoms with Gasteiger partial charge in [0.2, 0.25) is 0 Å². The van der Waals surface area contributed by atoms with Crippen LogP contribution in [0.2, 0.25) is 0 Å². The molecule has 0 fully saturated rings. The van der Waals surface area contributed by atoms with E-state index in [-0.39, 0.29) is 15.9 Å². The third-order valence-electron chi connectivity index (χ3n) is 5.35. The van der Waals surface area contributed by atoms with Crippen molar-refractivity contribution in [3.8, 4) is 0 Å². The number of hydrogen-bond donors (Lipinski definition) is 3. The molecule has 0 bridgehead atoms. The highest BCUT2D eigenvalue weighted by molar-refractivity contribution is 7.93. The lowest BCUT2D eigenvalue weighted by Gasteiger charge is -2.05. The van der Waals surface area contributed by atoms with E-state index in [2.05, 4.69) is 20.0 Å². The zero-order valence-corrected chi connectivity index (χ0v) is 19.3. The number of rotatable bonds is 7. The number of amides is 1. The van der Waals surface area contributed by atoms with Gasteiger partial charge in [0.25, 0.3) is 15.9 Å². The Morgan fingerprint density at radius 3 is 2.68 bits per heavy atom. The second kappa shape index (κ2) is 8.88. The van der Waals surface area contributed by atoms with Gasteiger partial charge in [-0.15, -0.1) is 0 Å². The number of anilines is 1. The van der Waals surface area contributed by atoms with Crippen LogP contribution in [0, 0.1) is 5.82 Å².